The highest BCUT2D eigenvalue weighted by Gasteiger charge is 2.46. The Bertz CT molecular complexity index is 607. The number of fused-ring (bicyclic) bond motifs is 1. The number of aromatic nitrogens is 1. The molecule has 21 heavy (non-hydrogen) atoms. The molecule has 114 valence electrons. The molecule has 1 aromatic rings. The molecular weight excluding hydrogens is 340 g/mol. The van der Waals surface area contributed by atoms with Gasteiger partial charge in [-0.05, 0) is 62.7 Å². The SMILES string of the molecule is CC(C)(C)OC(=O)N1C(=O)C(C)(C)Oc2ccc(Br)nc21. The molecule has 0 bridgehead atoms. The predicted octanol–water partition coefficient (Wildman–Crippen LogP) is 3.28. The van der Waals surface area contributed by atoms with Crippen molar-refractivity contribution in [3.8, 4) is 5.75 Å². The number of pyridine rings is 1. The largest absolute Gasteiger partial charge is 0.474 e. The van der Waals surface area contributed by atoms with E-state index in [2.05, 4.69) is 20.9 Å². The summed E-state index contributed by atoms with van der Waals surface area (Å²) >= 11 is 3.22. The highest BCUT2D eigenvalue weighted by atomic mass is 79.9. The van der Waals surface area contributed by atoms with Gasteiger partial charge in [0.15, 0.2) is 17.2 Å². The predicted molar refractivity (Wildman–Crippen MR) is 80.4 cm³/mol. The first-order valence-corrected chi connectivity index (χ1v) is 7.24. The van der Waals surface area contributed by atoms with Gasteiger partial charge in [-0.1, -0.05) is 0 Å². The van der Waals surface area contributed by atoms with Crippen LogP contribution in [-0.4, -0.2) is 28.2 Å². The maximum Gasteiger partial charge on any atom is 0.423 e. The molecule has 0 radical (unpaired) electrons. The molecule has 1 aliphatic rings. The van der Waals surface area contributed by atoms with Crippen molar-refractivity contribution < 1.29 is 19.1 Å². The first-order chi connectivity index (χ1) is 9.51. The summed E-state index contributed by atoms with van der Waals surface area (Å²) in [6.45, 7) is 8.39. The normalized spacial score (nSPS) is 17.0. The van der Waals surface area contributed by atoms with Crippen LogP contribution in [0, 0.1) is 0 Å². The molecule has 2 rings (SSSR count). The summed E-state index contributed by atoms with van der Waals surface area (Å²) in [5.41, 5.74) is -1.88. The molecule has 0 fully saturated rings. The summed E-state index contributed by atoms with van der Waals surface area (Å²) in [6.07, 6.45) is -0.768. The quantitative estimate of drug-likeness (QED) is 0.667. The maximum atomic E-state index is 12.5. The van der Waals surface area contributed by atoms with Gasteiger partial charge in [0.25, 0.3) is 5.91 Å². The van der Waals surface area contributed by atoms with E-state index in [-0.39, 0.29) is 5.82 Å². The minimum atomic E-state index is -1.17. The van der Waals surface area contributed by atoms with Crippen LogP contribution in [0.5, 0.6) is 5.75 Å². The fourth-order valence-electron chi connectivity index (χ4n) is 1.81. The van der Waals surface area contributed by atoms with Gasteiger partial charge >= 0.3 is 6.09 Å². The molecule has 0 aliphatic carbocycles. The van der Waals surface area contributed by atoms with E-state index in [9.17, 15) is 9.59 Å². The van der Waals surface area contributed by atoms with E-state index in [4.69, 9.17) is 9.47 Å². The minimum absolute atomic E-state index is 0.128. The molecule has 2 amide bonds. The lowest BCUT2D eigenvalue weighted by Crippen LogP contribution is -2.55. The zero-order valence-electron chi connectivity index (χ0n) is 12.6. The molecule has 0 atom stereocenters. The molecule has 6 nitrogen and oxygen atoms in total. The zero-order chi connectivity index (χ0) is 16.0. The van der Waals surface area contributed by atoms with Crippen LogP contribution in [0.2, 0.25) is 0 Å². The summed E-state index contributed by atoms with van der Waals surface area (Å²) in [4.78, 5) is 29.9. The molecule has 0 aromatic carbocycles. The first kappa shape index (κ1) is 15.8. The van der Waals surface area contributed by atoms with E-state index >= 15 is 0 Å². The van der Waals surface area contributed by atoms with Gasteiger partial charge in [0.05, 0.1) is 0 Å². The van der Waals surface area contributed by atoms with Crippen molar-refractivity contribution in [2.45, 2.75) is 45.8 Å². The first-order valence-electron chi connectivity index (χ1n) is 6.44. The standard InChI is InChI=1S/C14H17BrN2O4/c1-13(2,3)21-12(19)17-10-8(6-7-9(15)16-10)20-14(4,5)11(17)18/h6-7H,1-5H3. The number of carbonyl (C=O) groups is 2. The third-order valence-corrected chi connectivity index (χ3v) is 3.12. The van der Waals surface area contributed by atoms with Gasteiger partial charge in [-0.25, -0.2) is 9.78 Å². The number of hydrogen-bond donors (Lipinski definition) is 0. The lowest BCUT2D eigenvalue weighted by Gasteiger charge is -2.37. The van der Waals surface area contributed by atoms with Gasteiger partial charge < -0.3 is 9.47 Å². The van der Waals surface area contributed by atoms with Crippen molar-refractivity contribution in [1.82, 2.24) is 4.98 Å². The van der Waals surface area contributed by atoms with Crippen LogP contribution in [0.1, 0.15) is 34.6 Å². The monoisotopic (exact) mass is 356 g/mol. The smallest absolute Gasteiger partial charge is 0.423 e. The fraction of sp³-hybridized carbons (Fsp3) is 0.500. The number of rotatable bonds is 0. The molecule has 0 N–H and O–H groups in total. The maximum absolute atomic E-state index is 12.5. The Kier molecular flexibility index (Phi) is 3.73. The summed E-state index contributed by atoms with van der Waals surface area (Å²) in [6, 6.07) is 3.33. The third kappa shape index (κ3) is 3.18. The van der Waals surface area contributed by atoms with Crippen LogP contribution in [-0.2, 0) is 9.53 Å². The van der Waals surface area contributed by atoms with E-state index in [0.717, 1.165) is 4.90 Å². The van der Waals surface area contributed by atoms with Crippen LogP contribution in [0.3, 0.4) is 0 Å². The molecule has 0 spiro atoms. The fourth-order valence-corrected chi connectivity index (χ4v) is 2.11. The van der Waals surface area contributed by atoms with Gasteiger partial charge in [-0.15, -0.1) is 0 Å². The van der Waals surface area contributed by atoms with Crippen LogP contribution in [0.4, 0.5) is 10.6 Å². The molecule has 7 heteroatoms. The van der Waals surface area contributed by atoms with E-state index in [0.29, 0.717) is 10.4 Å². The van der Waals surface area contributed by atoms with Gasteiger partial charge in [0.2, 0.25) is 0 Å². The number of anilines is 1. The van der Waals surface area contributed by atoms with Gasteiger partial charge in [-0.3, -0.25) is 4.79 Å². The van der Waals surface area contributed by atoms with Crippen LogP contribution in [0.25, 0.3) is 0 Å². The number of hydrogen-bond acceptors (Lipinski definition) is 5. The number of nitrogens with zero attached hydrogens (tertiary/aromatic N) is 2. The Morgan fingerprint density at radius 3 is 2.57 bits per heavy atom. The van der Waals surface area contributed by atoms with Crippen molar-refractivity contribution in [3.05, 3.63) is 16.7 Å². The van der Waals surface area contributed by atoms with E-state index in [1.807, 2.05) is 0 Å². The Hall–Kier alpha value is -1.63. The molecule has 0 saturated heterocycles. The number of halogens is 1. The van der Waals surface area contributed by atoms with Crippen LogP contribution in [0.15, 0.2) is 16.7 Å². The van der Waals surface area contributed by atoms with Crippen molar-refractivity contribution in [3.63, 3.8) is 0 Å². The Morgan fingerprint density at radius 2 is 2.00 bits per heavy atom. The minimum Gasteiger partial charge on any atom is -0.474 e. The molecule has 1 aliphatic heterocycles. The summed E-state index contributed by atoms with van der Waals surface area (Å²) in [5.74, 6) is -0.0357. The van der Waals surface area contributed by atoms with E-state index in [1.54, 1.807) is 46.8 Å². The molecule has 0 unspecified atom stereocenters. The Labute approximate surface area is 131 Å². The van der Waals surface area contributed by atoms with E-state index in [1.165, 1.54) is 0 Å². The lowest BCUT2D eigenvalue weighted by atomic mass is 10.1. The van der Waals surface area contributed by atoms with Gasteiger partial charge in [-0.2, -0.15) is 4.90 Å². The molecule has 2 heterocycles. The number of imide groups is 1. The second-order valence-corrected chi connectivity index (χ2v) is 7.00. The highest BCUT2D eigenvalue weighted by Crippen LogP contribution is 2.37. The second kappa shape index (κ2) is 4.98. The average molecular weight is 357 g/mol. The van der Waals surface area contributed by atoms with Gasteiger partial charge in [0, 0.05) is 0 Å². The third-order valence-electron chi connectivity index (χ3n) is 2.68. The average Bonchev–Trinajstić information content (AvgIpc) is 2.29. The summed E-state index contributed by atoms with van der Waals surface area (Å²) in [5, 5.41) is 0. The zero-order valence-corrected chi connectivity index (χ0v) is 14.1. The lowest BCUT2D eigenvalue weighted by molar-refractivity contribution is -0.132. The highest BCUT2D eigenvalue weighted by molar-refractivity contribution is 9.10. The topological polar surface area (TPSA) is 68.7 Å². The molecule has 1 aromatic heterocycles. The van der Waals surface area contributed by atoms with Gasteiger partial charge in [0.1, 0.15) is 10.2 Å². The number of amides is 2. The van der Waals surface area contributed by atoms with E-state index < -0.39 is 23.2 Å². The van der Waals surface area contributed by atoms with Crippen molar-refractivity contribution in [2.75, 3.05) is 4.90 Å². The molecule has 0 saturated carbocycles. The number of carbonyl (C=O) groups excluding carboxylic acids is 2. The van der Waals surface area contributed by atoms with Crippen molar-refractivity contribution in [2.24, 2.45) is 0 Å². The summed E-state index contributed by atoms with van der Waals surface area (Å²) < 4.78 is 11.4. The van der Waals surface area contributed by atoms with Crippen molar-refractivity contribution in [1.29, 1.82) is 0 Å². The van der Waals surface area contributed by atoms with Crippen LogP contribution < -0.4 is 9.64 Å². The van der Waals surface area contributed by atoms with Crippen LogP contribution >= 0.6 is 15.9 Å². The summed E-state index contributed by atoms with van der Waals surface area (Å²) in [7, 11) is 0. The molecular formula is C14H17BrN2O4. The Morgan fingerprint density at radius 1 is 1.38 bits per heavy atom. The van der Waals surface area contributed by atoms with Crippen molar-refractivity contribution >= 4 is 33.7 Å². The Balaban J connectivity index is 2.50. The second-order valence-electron chi connectivity index (χ2n) is 6.19. The number of ether oxygens (including phenoxy) is 2.